The number of imide groups is 1. The molecule has 0 fully saturated rings. The fourth-order valence-electron chi connectivity index (χ4n) is 3.38. The van der Waals surface area contributed by atoms with Gasteiger partial charge in [-0.1, -0.05) is 32.0 Å². The number of amides is 3. The number of nitrogens with zero attached hydrogens (tertiary/aromatic N) is 1. The monoisotopic (exact) mass is 424 g/mol. The minimum absolute atomic E-state index is 0.00692. The molecule has 0 saturated heterocycles. The maximum absolute atomic E-state index is 12.8. The third-order valence-electron chi connectivity index (χ3n) is 4.80. The Morgan fingerprint density at radius 1 is 1.00 bits per heavy atom. The van der Waals surface area contributed by atoms with Crippen molar-refractivity contribution in [2.45, 2.75) is 26.3 Å². The second-order valence-electron chi connectivity index (χ2n) is 7.56. The number of methoxy groups -OCH3 is 1. The predicted octanol–water partition coefficient (Wildman–Crippen LogP) is 2.89. The van der Waals surface area contributed by atoms with Crippen molar-refractivity contribution in [3.05, 3.63) is 59.7 Å². The van der Waals surface area contributed by atoms with Crippen molar-refractivity contribution in [1.29, 1.82) is 0 Å². The summed E-state index contributed by atoms with van der Waals surface area (Å²) in [4.78, 5) is 51.5. The molecule has 1 aliphatic rings. The summed E-state index contributed by atoms with van der Waals surface area (Å²) < 4.78 is 10.3. The van der Waals surface area contributed by atoms with Crippen LogP contribution in [0.2, 0.25) is 0 Å². The summed E-state index contributed by atoms with van der Waals surface area (Å²) in [5.74, 6) is -1.85. The molecule has 1 aliphatic heterocycles. The van der Waals surface area contributed by atoms with Crippen LogP contribution in [-0.4, -0.2) is 48.3 Å². The van der Waals surface area contributed by atoms with Crippen LogP contribution in [-0.2, 0) is 14.3 Å². The Hall–Kier alpha value is -3.68. The van der Waals surface area contributed by atoms with Gasteiger partial charge in [-0.2, -0.15) is 0 Å². The summed E-state index contributed by atoms with van der Waals surface area (Å²) in [6.07, 6.45) is 0.224. The summed E-state index contributed by atoms with van der Waals surface area (Å²) in [5.41, 5.74) is 0.995. The maximum atomic E-state index is 12.8. The average molecular weight is 424 g/mol. The zero-order valence-corrected chi connectivity index (χ0v) is 17.6. The average Bonchev–Trinajstić information content (AvgIpc) is 3.01. The van der Waals surface area contributed by atoms with Gasteiger partial charge in [0.25, 0.3) is 17.7 Å². The Kier molecular flexibility index (Phi) is 6.69. The Balaban J connectivity index is 1.69. The lowest BCUT2D eigenvalue weighted by Gasteiger charge is -2.25. The first-order chi connectivity index (χ1) is 14.8. The molecule has 8 heteroatoms. The van der Waals surface area contributed by atoms with Crippen LogP contribution in [0.4, 0.5) is 5.69 Å². The van der Waals surface area contributed by atoms with Crippen molar-refractivity contribution in [1.82, 2.24) is 4.90 Å². The molecule has 3 rings (SSSR count). The van der Waals surface area contributed by atoms with Crippen LogP contribution in [0.15, 0.2) is 48.5 Å². The SMILES string of the molecule is COc1cccc(NC(=O)COC(=O)[C@H](CC(C)C)N2C(=O)c3ccccc3C2=O)c1. The molecular weight excluding hydrogens is 400 g/mol. The van der Waals surface area contributed by atoms with E-state index in [2.05, 4.69) is 5.32 Å². The fraction of sp³-hybridized carbons (Fsp3) is 0.304. The first-order valence-electron chi connectivity index (χ1n) is 9.89. The zero-order valence-electron chi connectivity index (χ0n) is 17.6. The van der Waals surface area contributed by atoms with Gasteiger partial charge in [-0.05, 0) is 36.6 Å². The number of esters is 1. The molecular formula is C23H24N2O6. The molecule has 0 bridgehead atoms. The summed E-state index contributed by atoms with van der Waals surface area (Å²) in [7, 11) is 1.51. The number of carbonyl (C=O) groups is 4. The van der Waals surface area contributed by atoms with Crippen molar-refractivity contribution in [2.24, 2.45) is 5.92 Å². The number of hydrogen-bond donors (Lipinski definition) is 1. The van der Waals surface area contributed by atoms with Gasteiger partial charge >= 0.3 is 5.97 Å². The summed E-state index contributed by atoms with van der Waals surface area (Å²) in [6, 6.07) is 12.0. The van der Waals surface area contributed by atoms with E-state index in [-0.39, 0.29) is 23.5 Å². The Labute approximate surface area is 180 Å². The zero-order chi connectivity index (χ0) is 22.5. The standard InChI is InChI=1S/C23H24N2O6/c1-14(2)11-19(25-21(27)17-9-4-5-10-18(17)22(25)28)23(29)31-13-20(26)24-15-7-6-8-16(12-15)30-3/h4-10,12,14,19H,11,13H2,1-3H3,(H,24,26)/t19-/m0/s1. The third-order valence-corrected chi connectivity index (χ3v) is 4.80. The van der Waals surface area contributed by atoms with Crippen LogP contribution in [0.5, 0.6) is 5.75 Å². The molecule has 2 aromatic rings. The van der Waals surface area contributed by atoms with E-state index in [1.807, 2.05) is 13.8 Å². The predicted molar refractivity (Wildman–Crippen MR) is 113 cm³/mol. The minimum Gasteiger partial charge on any atom is -0.497 e. The van der Waals surface area contributed by atoms with E-state index in [0.717, 1.165) is 4.90 Å². The number of nitrogens with one attached hydrogen (secondary N) is 1. The van der Waals surface area contributed by atoms with E-state index in [1.165, 1.54) is 7.11 Å². The molecule has 2 aromatic carbocycles. The van der Waals surface area contributed by atoms with Crippen molar-refractivity contribution in [3.63, 3.8) is 0 Å². The van der Waals surface area contributed by atoms with E-state index in [0.29, 0.717) is 11.4 Å². The highest BCUT2D eigenvalue weighted by molar-refractivity contribution is 6.22. The van der Waals surface area contributed by atoms with Gasteiger partial charge in [0, 0.05) is 11.8 Å². The summed E-state index contributed by atoms with van der Waals surface area (Å²) >= 11 is 0. The first-order valence-corrected chi connectivity index (χ1v) is 9.89. The number of fused-ring (bicyclic) bond motifs is 1. The van der Waals surface area contributed by atoms with E-state index in [9.17, 15) is 19.2 Å². The Morgan fingerprint density at radius 3 is 2.23 bits per heavy atom. The van der Waals surface area contributed by atoms with Crippen molar-refractivity contribution in [3.8, 4) is 5.75 Å². The molecule has 0 spiro atoms. The van der Waals surface area contributed by atoms with Crippen molar-refractivity contribution < 1.29 is 28.7 Å². The number of carbonyl (C=O) groups excluding carboxylic acids is 4. The van der Waals surface area contributed by atoms with E-state index < -0.39 is 36.3 Å². The number of ether oxygens (including phenoxy) is 2. The number of hydrogen-bond acceptors (Lipinski definition) is 6. The maximum Gasteiger partial charge on any atom is 0.329 e. The molecule has 0 aromatic heterocycles. The quantitative estimate of drug-likeness (QED) is 0.516. The number of benzene rings is 2. The van der Waals surface area contributed by atoms with Crippen LogP contribution < -0.4 is 10.1 Å². The summed E-state index contributed by atoms with van der Waals surface area (Å²) in [5, 5.41) is 2.61. The van der Waals surface area contributed by atoms with Crippen molar-refractivity contribution >= 4 is 29.4 Å². The van der Waals surface area contributed by atoms with E-state index in [4.69, 9.17) is 9.47 Å². The molecule has 162 valence electrons. The van der Waals surface area contributed by atoms with Crippen molar-refractivity contribution in [2.75, 3.05) is 19.0 Å². The molecule has 0 radical (unpaired) electrons. The van der Waals surface area contributed by atoms with Gasteiger partial charge in [-0.25, -0.2) is 4.79 Å². The molecule has 3 amide bonds. The van der Waals surface area contributed by atoms with Crippen LogP contribution in [0, 0.1) is 5.92 Å². The lowest BCUT2D eigenvalue weighted by Crippen LogP contribution is -2.46. The van der Waals surface area contributed by atoms with Gasteiger partial charge in [0.15, 0.2) is 6.61 Å². The highest BCUT2D eigenvalue weighted by atomic mass is 16.5. The lowest BCUT2D eigenvalue weighted by molar-refractivity contribution is -0.151. The van der Waals surface area contributed by atoms with Crippen LogP contribution >= 0.6 is 0 Å². The fourth-order valence-corrected chi connectivity index (χ4v) is 3.38. The molecule has 1 N–H and O–H groups in total. The van der Waals surface area contributed by atoms with Gasteiger partial charge < -0.3 is 14.8 Å². The van der Waals surface area contributed by atoms with Gasteiger partial charge in [-0.3, -0.25) is 19.3 Å². The smallest absolute Gasteiger partial charge is 0.329 e. The molecule has 8 nitrogen and oxygen atoms in total. The molecule has 1 heterocycles. The highest BCUT2D eigenvalue weighted by Crippen LogP contribution is 2.27. The number of rotatable bonds is 8. The normalized spacial score (nSPS) is 13.7. The molecule has 31 heavy (non-hydrogen) atoms. The molecule has 0 aliphatic carbocycles. The van der Waals surface area contributed by atoms with Gasteiger partial charge in [0.05, 0.1) is 18.2 Å². The highest BCUT2D eigenvalue weighted by Gasteiger charge is 2.43. The Bertz CT molecular complexity index is 982. The van der Waals surface area contributed by atoms with Crippen LogP contribution in [0.1, 0.15) is 41.0 Å². The Morgan fingerprint density at radius 2 is 1.65 bits per heavy atom. The van der Waals surface area contributed by atoms with Crippen LogP contribution in [0.3, 0.4) is 0 Å². The largest absolute Gasteiger partial charge is 0.497 e. The third kappa shape index (κ3) is 4.91. The van der Waals surface area contributed by atoms with Crippen LogP contribution in [0.25, 0.3) is 0 Å². The second-order valence-corrected chi connectivity index (χ2v) is 7.56. The molecule has 0 unspecified atom stereocenters. The van der Waals surface area contributed by atoms with Gasteiger partial charge in [-0.15, -0.1) is 0 Å². The topological polar surface area (TPSA) is 102 Å². The summed E-state index contributed by atoms with van der Waals surface area (Å²) in [6.45, 7) is 3.19. The molecule has 0 saturated carbocycles. The molecule has 1 atom stereocenters. The number of anilines is 1. The van der Waals surface area contributed by atoms with E-state index in [1.54, 1.807) is 48.5 Å². The first kappa shape index (κ1) is 22.0. The second kappa shape index (κ2) is 9.42. The van der Waals surface area contributed by atoms with E-state index >= 15 is 0 Å². The lowest BCUT2D eigenvalue weighted by atomic mass is 10.0. The van der Waals surface area contributed by atoms with Gasteiger partial charge in [0.2, 0.25) is 0 Å². The van der Waals surface area contributed by atoms with Gasteiger partial charge in [0.1, 0.15) is 11.8 Å². The minimum atomic E-state index is -1.11.